The van der Waals surface area contributed by atoms with Gasteiger partial charge < -0.3 is 10.1 Å². The first-order valence-corrected chi connectivity index (χ1v) is 5.71. The van der Waals surface area contributed by atoms with Gasteiger partial charge in [0.1, 0.15) is 0 Å². The molecule has 0 atom stereocenters. The van der Waals surface area contributed by atoms with Crippen molar-refractivity contribution in [2.24, 2.45) is 5.16 Å². The Hall–Kier alpha value is -1.77. The van der Waals surface area contributed by atoms with Crippen molar-refractivity contribution >= 4 is 17.5 Å². The number of nitrogens with zero attached hydrogens (tertiary/aromatic N) is 2. The lowest BCUT2D eigenvalue weighted by Gasteiger charge is -2.40. The molecular weight excluding hydrogens is 212 g/mol. The van der Waals surface area contributed by atoms with Gasteiger partial charge in [0.2, 0.25) is 0 Å². The average molecular weight is 230 g/mol. The first kappa shape index (κ1) is 11.7. The minimum absolute atomic E-state index is 0.0314. The van der Waals surface area contributed by atoms with Crippen molar-refractivity contribution in [3.8, 4) is 0 Å². The van der Waals surface area contributed by atoms with Crippen molar-refractivity contribution in [3.63, 3.8) is 0 Å². The third-order valence-electron chi connectivity index (χ3n) is 3.45. The first-order chi connectivity index (χ1) is 7.95. The number of rotatable bonds is 1. The predicted molar refractivity (Wildman–Crippen MR) is 72.0 cm³/mol. The van der Waals surface area contributed by atoms with Crippen molar-refractivity contribution < 1.29 is 5.21 Å². The summed E-state index contributed by atoms with van der Waals surface area (Å²) in [6.07, 6.45) is 3.71. The standard InChI is InChI=1S/C14H18N2O/c1-10-8-14(2,3)16(4)13-6-5-11(9-15-17)7-12(10)13/h5-9,17H,1-4H3/b15-9+. The molecule has 0 aliphatic carbocycles. The van der Waals surface area contributed by atoms with Crippen LogP contribution in [0, 0.1) is 0 Å². The molecule has 3 heteroatoms. The van der Waals surface area contributed by atoms with Crippen molar-refractivity contribution in [2.75, 3.05) is 11.9 Å². The summed E-state index contributed by atoms with van der Waals surface area (Å²) in [5, 5.41) is 11.6. The Balaban J connectivity index is 2.57. The van der Waals surface area contributed by atoms with Gasteiger partial charge in [-0.15, -0.1) is 0 Å². The maximum atomic E-state index is 8.57. The van der Waals surface area contributed by atoms with E-state index in [4.69, 9.17) is 5.21 Å². The molecule has 1 aromatic rings. The van der Waals surface area contributed by atoms with Crippen LogP contribution in [0.4, 0.5) is 5.69 Å². The summed E-state index contributed by atoms with van der Waals surface area (Å²) in [4.78, 5) is 2.26. The van der Waals surface area contributed by atoms with E-state index in [1.54, 1.807) is 0 Å². The molecule has 0 spiro atoms. The maximum Gasteiger partial charge on any atom is 0.0734 e. The normalized spacial score (nSPS) is 18.1. The molecule has 0 radical (unpaired) electrons. The van der Waals surface area contributed by atoms with E-state index in [9.17, 15) is 0 Å². The van der Waals surface area contributed by atoms with Gasteiger partial charge in [-0.05, 0) is 44.0 Å². The Morgan fingerprint density at radius 2 is 2.06 bits per heavy atom. The number of hydrogen-bond donors (Lipinski definition) is 1. The topological polar surface area (TPSA) is 35.8 Å². The SMILES string of the molecule is CC1=CC(C)(C)N(C)c2ccc(/C=N/O)cc21. The number of anilines is 1. The highest BCUT2D eigenvalue weighted by Gasteiger charge is 2.28. The van der Waals surface area contributed by atoms with Crippen LogP contribution in [0.25, 0.3) is 5.57 Å². The van der Waals surface area contributed by atoms with Crippen molar-refractivity contribution in [1.82, 2.24) is 0 Å². The van der Waals surface area contributed by atoms with Gasteiger partial charge in [0.25, 0.3) is 0 Å². The molecule has 1 aliphatic heterocycles. The van der Waals surface area contributed by atoms with Gasteiger partial charge in [-0.25, -0.2) is 0 Å². The summed E-state index contributed by atoms with van der Waals surface area (Å²) >= 11 is 0. The van der Waals surface area contributed by atoms with Crippen LogP contribution in [0.1, 0.15) is 31.9 Å². The summed E-state index contributed by atoms with van der Waals surface area (Å²) in [7, 11) is 2.10. The maximum absolute atomic E-state index is 8.57. The van der Waals surface area contributed by atoms with Crippen LogP contribution in [-0.4, -0.2) is 24.0 Å². The summed E-state index contributed by atoms with van der Waals surface area (Å²) in [5.41, 5.74) is 4.61. The number of hydrogen-bond acceptors (Lipinski definition) is 3. The molecule has 1 aromatic carbocycles. The van der Waals surface area contributed by atoms with Gasteiger partial charge in [0.05, 0.1) is 11.8 Å². The summed E-state index contributed by atoms with van der Waals surface area (Å²) in [6.45, 7) is 6.51. The molecule has 0 aromatic heterocycles. The van der Waals surface area contributed by atoms with E-state index in [0.717, 1.165) is 5.56 Å². The van der Waals surface area contributed by atoms with Crippen LogP contribution in [-0.2, 0) is 0 Å². The highest BCUT2D eigenvalue weighted by molar-refractivity contribution is 5.87. The Morgan fingerprint density at radius 1 is 1.35 bits per heavy atom. The van der Waals surface area contributed by atoms with Crippen molar-refractivity contribution in [3.05, 3.63) is 35.4 Å². The Labute approximate surface area is 102 Å². The monoisotopic (exact) mass is 230 g/mol. The molecule has 17 heavy (non-hydrogen) atoms. The Morgan fingerprint density at radius 3 is 2.71 bits per heavy atom. The second kappa shape index (κ2) is 3.91. The first-order valence-electron chi connectivity index (χ1n) is 5.71. The molecule has 0 unspecified atom stereocenters. The molecular formula is C14H18N2O. The molecule has 1 N–H and O–H groups in total. The lowest BCUT2D eigenvalue weighted by molar-refractivity contribution is 0.322. The Bertz CT molecular complexity index is 501. The van der Waals surface area contributed by atoms with Crippen LogP contribution in [0.3, 0.4) is 0 Å². The van der Waals surface area contributed by atoms with Crippen LogP contribution in [0.15, 0.2) is 29.4 Å². The molecule has 2 rings (SSSR count). The second-order valence-corrected chi connectivity index (χ2v) is 5.06. The largest absolute Gasteiger partial charge is 0.411 e. The summed E-state index contributed by atoms with van der Waals surface area (Å²) in [5.74, 6) is 0. The van der Waals surface area contributed by atoms with Crippen LogP contribution >= 0.6 is 0 Å². The van der Waals surface area contributed by atoms with Crippen LogP contribution in [0.2, 0.25) is 0 Å². The predicted octanol–water partition coefficient (Wildman–Crippen LogP) is 3.13. The minimum atomic E-state index is 0.0314. The van der Waals surface area contributed by atoms with Gasteiger partial charge >= 0.3 is 0 Å². The lowest BCUT2D eigenvalue weighted by Crippen LogP contribution is -2.42. The molecule has 90 valence electrons. The van der Waals surface area contributed by atoms with Gasteiger partial charge in [0, 0.05) is 18.3 Å². The number of fused-ring (bicyclic) bond motifs is 1. The van der Waals surface area contributed by atoms with Gasteiger partial charge in [-0.3, -0.25) is 0 Å². The van der Waals surface area contributed by atoms with E-state index in [-0.39, 0.29) is 5.54 Å². The molecule has 0 amide bonds. The lowest BCUT2D eigenvalue weighted by atomic mass is 9.89. The molecule has 0 saturated carbocycles. The molecule has 3 nitrogen and oxygen atoms in total. The molecule has 1 heterocycles. The average Bonchev–Trinajstić information content (AvgIpc) is 2.26. The zero-order valence-electron chi connectivity index (χ0n) is 10.7. The third kappa shape index (κ3) is 1.93. The molecule has 0 fully saturated rings. The van der Waals surface area contributed by atoms with Gasteiger partial charge in [0.15, 0.2) is 0 Å². The molecule has 1 aliphatic rings. The fraction of sp³-hybridized carbons (Fsp3) is 0.357. The van der Waals surface area contributed by atoms with E-state index in [1.165, 1.54) is 23.0 Å². The smallest absolute Gasteiger partial charge is 0.0734 e. The molecule has 0 saturated heterocycles. The second-order valence-electron chi connectivity index (χ2n) is 5.06. The third-order valence-corrected chi connectivity index (χ3v) is 3.45. The number of allylic oxidation sites excluding steroid dienone is 1. The van der Waals surface area contributed by atoms with Crippen molar-refractivity contribution in [1.29, 1.82) is 0 Å². The van der Waals surface area contributed by atoms with Crippen molar-refractivity contribution in [2.45, 2.75) is 26.3 Å². The minimum Gasteiger partial charge on any atom is -0.411 e. The van der Waals surface area contributed by atoms with E-state index in [0.29, 0.717) is 0 Å². The quantitative estimate of drug-likeness (QED) is 0.457. The summed E-state index contributed by atoms with van der Waals surface area (Å²) < 4.78 is 0. The molecule has 0 bridgehead atoms. The number of benzene rings is 1. The summed E-state index contributed by atoms with van der Waals surface area (Å²) in [6, 6.07) is 6.08. The highest BCUT2D eigenvalue weighted by atomic mass is 16.4. The van der Waals surface area contributed by atoms with Gasteiger partial charge in [-0.1, -0.05) is 17.3 Å². The van der Waals surface area contributed by atoms with Crippen LogP contribution < -0.4 is 4.90 Å². The van der Waals surface area contributed by atoms with E-state index in [1.807, 2.05) is 12.1 Å². The Kier molecular flexibility index (Phi) is 2.69. The highest BCUT2D eigenvalue weighted by Crippen LogP contribution is 2.37. The van der Waals surface area contributed by atoms with E-state index >= 15 is 0 Å². The fourth-order valence-electron chi connectivity index (χ4n) is 2.32. The zero-order valence-corrected chi connectivity index (χ0v) is 10.7. The van der Waals surface area contributed by atoms with Gasteiger partial charge in [-0.2, -0.15) is 0 Å². The fourth-order valence-corrected chi connectivity index (χ4v) is 2.32. The number of likely N-dealkylation sites (N-methyl/N-ethyl adjacent to an activating group) is 1. The van der Waals surface area contributed by atoms with E-state index < -0.39 is 0 Å². The zero-order chi connectivity index (χ0) is 12.6. The number of oxime groups is 1. The van der Waals surface area contributed by atoms with Crippen LogP contribution in [0.5, 0.6) is 0 Å². The van der Waals surface area contributed by atoms with E-state index in [2.05, 4.69) is 50.0 Å².